The number of aromatic nitrogens is 1. The predicted molar refractivity (Wildman–Crippen MR) is 67.7 cm³/mol. The van der Waals surface area contributed by atoms with Gasteiger partial charge in [0.2, 0.25) is 0 Å². The molecular weight excluding hydrogens is 218 g/mol. The van der Waals surface area contributed by atoms with Crippen molar-refractivity contribution in [3.05, 3.63) is 64.9 Å². The van der Waals surface area contributed by atoms with Crippen LogP contribution < -0.4 is 0 Å². The molecule has 0 radical (unpaired) electrons. The third-order valence-electron chi connectivity index (χ3n) is 2.57. The van der Waals surface area contributed by atoms with Crippen molar-refractivity contribution in [2.75, 3.05) is 0 Å². The molecule has 0 fully saturated rings. The van der Waals surface area contributed by atoms with Crippen LogP contribution in [0.1, 0.15) is 17.5 Å². The van der Waals surface area contributed by atoms with Gasteiger partial charge in [-0.2, -0.15) is 0 Å². The lowest BCUT2D eigenvalue weighted by Crippen LogP contribution is -1.90. The molecule has 0 saturated carbocycles. The molecule has 2 heteroatoms. The Morgan fingerprint density at radius 2 is 1.69 bits per heavy atom. The second kappa shape index (κ2) is 5.66. The molecule has 0 atom stereocenters. The van der Waals surface area contributed by atoms with Crippen LogP contribution in [0.15, 0.2) is 48.8 Å². The van der Waals surface area contributed by atoms with Crippen molar-refractivity contribution in [2.45, 2.75) is 19.3 Å². The van der Waals surface area contributed by atoms with E-state index in [0.29, 0.717) is 0 Å². The summed E-state index contributed by atoms with van der Waals surface area (Å²) in [6.45, 7) is 0. The summed E-state index contributed by atoms with van der Waals surface area (Å²) in [5.41, 5.74) is 2.64. The first-order chi connectivity index (χ1) is 7.84. The molecule has 1 nitrogen and oxygen atoms in total. The number of nitrogens with zero attached hydrogens (tertiary/aromatic N) is 1. The van der Waals surface area contributed by atoms with Gasteiger partial charge in [0.15, 0.2) is 0 Å². The van der Waals surface area contributed by atoms with E-state index in [9.17, 15) is 0 Å². The fourth-order valence-corrected chi connectivity index (χ4v) is 1.82. The van der Waals surface area contributed by atoms with Crippen LogP contribution in [0.25, 0.3) is 0 Å². The van der Waals surface area contributed by atoms with Crippen molar-refractivity contribution in [3.63, 3.8) is 0 Å². The number of aryl methyl sites for hydroxylation is 2. The number of hydrogen-bond acceptors (Lipinski definition) is 1. The maximum absolute atomic E-state index is 5.83. The van der Waals surface area contributed by atoms with E-state index in [1.807, 2.05) is 30.6 Å². The topological polar surface area (TPSA) is 12.9 Å². The van der Waals surface area contributed by atoms with E-state index < -0.39 is 0 Å². The zero-order valence-electron chi connectivity index (χ0n) is 9.07. The van der Waals surface area contributed by atoms with Crippen LogP contribution >= 0.6 is 11.6 Å². The standard InChI is InChI=1S/C14H14ClN/c15-14-8-6-12(7-9-14)3-1-4-13-5-2-10-16-11-13/h2,5-11H,1,3-4H2. The number of halogens is 1. The number of rotatable bonds is 4. The number of hydrogen-bond donors (Lipinski definition) is 0. The number of benzene rings is 1. The van der Waals surface area contributed by atoms with Crippen LogP contribution in [0.5, 0.6) is 0 Å². The second-order valence-electron chi connectivity index (χ2n) is 3.84. The van der Waals surface area contributed by atoms with Gasteiger partial charge in [0.25, 0.3) is 0 Å². The number of pyridine rings is 1. The maximum atomic E-state index is 5.83. The third-order valence-corrected chi connectivity index (χ3v) is 2.82. The molecule has 0 aliphatic heterocycles. The Morgan fingerprint density at radius 3 is 2.38 bits per heavy atom. The van der Waals surface area contributed by atoms with Crippen molar-refractivity contribution in [1.82, 2.24) is 4.98 Å². The van der Waals surface area contributed by atoms with Crippen molar-refractivity contribution in [2.24, 2.45) is 0 Å². The Bertz CT molecular complexity index is 422. The summed E-state index contributed by atoms with van der Waals surface area (Å²) in [4.78, 5) is 4.10. The van der Waals surface area contributed by atoms with Crippen LogP contribution in [0, 0.1) is 0 Å². The minimum Gasteiger partial charge on any atom is -0.264 e. The Hall–Kier alpha value is -1.34. The lowest BCUT2D eigenvalue weighted by atomic mass is 10.1. The smallest absolute Gasteiger partial charge is 0.0406 e. The fourth-order valence-electron chi connectivity index (χ4n) is 1.69. The minimum absolute atomic E-state index is 0.802. The van der Waals surface area contributed by atoms with E-state index in [2.05, 4.69) is 23.2 Å². The van der Waals surface area contributed by atoms with Crippen molar-refractivity contribution < 1.29 is 0 Å². The van der Waals surface area contributed by atoms with Gasteiger partial charge in [0, 0.05) is 17.4 Å². The summed E-state index contributed by atoms with van der Waals surface area (Å²) in [6, 6.07) is 12.2. The molecular formula is C14H14ClN. The Labute approximate surface area is 101 Å². The molecule has 0 N–H and O–H groups in total. The SMILES string of the molecule is Clc1ccc(CCCc2cccnc2)cc1. The highest BCUT2D eigenvalue weighted by atomic mass is 35.5. The van der Waals surface area contributed by atoms with Gasteiger partial charge < -0.3 is 0 Å². The fraction of sp³-hybridized carbons (Fsp3) is 0.214. The van der Waals surface area contributed by atoms with E-state index in [1.165, 1.54) is 11.1 Å². The van der Waals surface area contributed by atoms with E-state index in [1.54, 1.807) is 0 Å². The van der Waals surface area contributed by atoms with Crippen LogP contribution in [0.3, 0.4) is 0 Å². The average molecular weight is 232 g/mol. The molecule has 0 bridgehead atoms. The summed E-state index contributed by atoms with van der Waals surface area (Å²) in [7, 11) is 0. The molecule has 0 amide bonds. The molecule has 2 rings (SSSR count). The Morgan fingerprint density at radius 1 is 0.938 bits per heavy atom. The maximum Gasteiger partial charge on any atom is 0.0406 e. The monoisotopic (exact) mass is 231 g/mol. The highest BCUT2D eigenvalue weighted by Crippen LogP contribution is 2.12. The summed E-state index contributed by atoms with van der Waals surface area (Å²) in [6.07, 6.45) is 7.06. The predicted octanol–water partition coefficient (Wildman–Crippen LogP) is 3.91. The first-order valence-electron chi connectivity index (χ1n) is 5.48. The molecule has 16 heavy (non-hydrogen) atoms. The van der Waals surface area contributed by atoms with Gasteiger partial charge in [-0.15, -0.1) is 0 Å². The van der Waals surface area contributed by atoms with Crippen LogP contribution in [0.4, 0.5) is 0 Å². The van der Waals surface area contributed by atoms with E-state index in [0.717, 1.165) is 24.3 Å². The molecule has 1 aromatic carbocycles. The zero-order valence-corrected chi connectivity index (χ0v) is 9.82. The van der Waals surface area contributed by atoms with Gasteiger partial charge in [-0.3, -0.25) is 4.98 Å². The molecule has 0 spiro atoms. The molecule has 82 valence electrons. The van der Waals surface area contributed by atoms with Gasteiger partial charge >= 0.3 is 0 Å². The van der Waals surface area contributed by atoms with Crippen LogP contribution in [0.2, 0.25) is 5.02 Å². The third kappa shape index (κ3) is 3.35. The van der Waals surface area contributed by atoms with Crippen LogP contribution in [-0.2, 0) is 12.8 Å². The first-order valence-corrected chi connectivity index (χ1v) is 5.86. The average Bonchev–Trinajstić information content (AvgIpc) is 2.33. The second-order valence-corrected chi connectivity index (χ2v) is 4.28. The Balaban J connectivity index is 1.82. The van der Waals surface area contributed by atoms with Crippen molar-refractivity contribution >= 4 is 11.6 Å². The van der Waals surface area contributed by atoms with Gasteiger partial charge in [-0.05, 0) is 48.6 Å². The normalized spacial score (nSPS) is 10.3. The lowest BCUT2D eigenvalue weighted by Gasteiger charge is -2.02. The highest BCUT2D eigenvalue weighted by molar-refractivity contribution is 6.30. The largest absolute Gasteiger partial charge is 0.264 e. The van der Waals surface area contributed by atoms with E-state index in [-0.39, 0.29) is 0 Å². The molecule has 0 unspecified atom stereocenters. The van der Waals surface area contributed by atoms with Gasteiger partial charge in [-0.1, -0.05) is 29.8 Å². The quantitative estimate of drug-likeness (QED) is 0.778. The molecule has 1 heterocycles. The van der Waals surface area contributed by atoms with E-state index >= 15 is 0 Å². The van der Waals surface area contributed by atoms with Gasteiger partial charge in [0.1, 0.15) is 0 Å². The molecule has 0 saturated heterocycles. The molecule has 0 aliphatic carbocycles. The van der Waals surface area contributed by atoms with Gasteiger partial charge in [0.05, 0.1) is 0 Å². The first kappa shape index (κ1) is 11.2. The van der Waals surface area contributed by atoms with Crippen LogP contribution in [-0.4, -0.2) is 4.98 Å². The van der Waals surface area contributed by atoms with Crippen molar-refractivity contribution in [1.29, 1.82) is 0 Å². The summed E-state index contributed by atoms with van der Waals surface area (Å²) in [5.74, 6) is 0. The van der Waals surface area contributed by atoms with Crippen molar-refractivity contribution in [3.8, 4) is 0 Å². The molecule has 0 aliphatic rings. The Kier molecular flexibility index (Phi) is 3.95. The minimum atomic E-state index is 0.802. The summed E-state index contributed by atoms with van der Waals surface area (Å²) < 4.78 is 0. The molecule has 2 aromatic rings. The highest BCUT2D eigenvalue weighted by Gasteiger charge is 1.95. The summed E-state index contributed by atoms with van der Waals surface area (Å²) in [5, 5.41) is 0.802. The molecule has 1 aromatic heterocycles. The summed E-state index contributed by atoms with van der Waals surface area (Å²) >= 11 is 5.83. The van der Waals surface area contributed by atoms with E-state index in [4.69, 9.17) is 11.6 Å². The lowest BCUT2D eigenvalue weighted by molar-refractivity contribution is 0.817. The zero-order chi connectivity index (χ0) is 11.2. The van der Waals surface area contributed by atoms with Gasteiger partial charge in [-0.25, -0.2) is 0 Å².